The van der Waals surface area contributed by atoms with E-state index in [1.165, 1.54) is 0 Å². The summed E-state index contributed by atoms with van der Waals surface area (Å²) in [4.78, 5) is 27.9. The molecule has 2 fully saturated rings. The zero-order valence-corrected chi connectivity index (χ0v) is 72.5. The highest BCUT2D eigenvalue weighted by Crippen LogP contribution is 2.38. The molecular formula is C36H68N2O70S16. The molecule has 0 spiro atoms. The van der Waals surface area contributed by atoms with Crippen LogP contribution in [-0.4, -0.2) is 369 Å². The maximum atomic E-state index is 14.0. The van der Waals surface area contributed by atoms with E-state index < -0.39 is 328 Å². The second kappa shape index (κ2) is 46.4. The lowest BCUT2D eigenvalue weighted by Gasteiger charge is -2.45. The maximum Gasteiger partial charge on any atom is 0.398 e. The molecule has 18 atom stereocenters. The van der Waals surface area contributed by atoms with Gasteiger partial charge in [-0.2, -0.15) is 135 Å². The second-order valence-corrected chi connectivity index (χ2v) is 40.1. The van der Waals surface area contributed by atoms with E-state index in [9.17, 15) is 217 Å². The van der Waals surface area contributed by atoms with E-state index in [-0.39, 0.29) is 64.2 Å². The third-order valence-corrected chi connectivity index (χ3v) is 21.1. The number of unbranched alkanes of at least 4 members (excludes halogenated alkanes) is 9. The van der Waals surface area contributed by atoms with Gasteiger partial charge in [0.1, 0.15) is 73.2 Å². The molecule has 124 heavy (non-hydrogen) atoms. The van der Waals surface area contributed by atoms with E-state index in [1.54, 1.807) is 10.6 Å². The Morgan fingerprint density at radius 2 is 0.468 bits per heavy atom. The molecule has 0 aromatic rings. The van der Waals surface area contributed by atoms with E-state index in [0.717, 1.165) is 0 Å². The fourth-order valence-electron chi connectivity index (χ4n) is 9.97. The summed E-state index contributed by atoms with van der Waals surface area (Å²) in [7, 11) is -102. The minimum atomic E-state index is -6.66. The number of carbonyl (C=O) groups is 2. The predicted molar refractivity (Wildman–Crippen MR) is 366 cm³/mol. The normalized spacial score (nSPS) is 23.4. The Hall–Kier alpha value is -3.30. The van der Waals surface area contributed by atoms with Crippen LogP contribution in [0.25, 0.3) is 0 Å². The van der Waals surface area contributed by atoms with Gasteiger partial charge in [-0.15, -0.1) is 0 Å². The van der Waals surface area contributed by atoms with Gasteiger partial charge in [0.2, 0.25) is 0 Å². The van der Waals surface area contributed by atoms with Crippen LogP contribution in [0.3, 0.4) is 0 Å². The van der Waals surface area contributed by atoms with Crippen molar-refractivity contribution in [2.75, 3.05) is 39.5 Å². The Bertz CT molecular complexity index is 5210. The lowest BCUT2D eigenvalue weighted by atomic mass is 9.98. The SMILES string of the molecule is O=C(NCCCCCCCCCCCCNC(=O)[C@H](OS(=O)(=O)O)[C@@H](OS(=O)(=O)O)[C@H](O[C@@H]1O[C@H](COS(=O)(=O)O)[C@H](OS(=O)(=O)O)[C@H](OS(=O)(=O)O)[C@H]1OS(=O)(=O)O)[C@@H](COS(=O)(=O)O)OS(=O)(=O)O)[C@H](OS(=O)(=O)O)[C@@H](OS(=O)(=O)O)[C@H](O[C@@H]1O[C@H](COS(=O)(=O)O)[C@H](OS(=O)(=O)O)[C@H](OS(=O)(=O)O)[C@H]1OS(=O)(=O)O)[C@@H](COS(=O)(=O)O)OS(=O)(=O)O. The standard InChI is InChI=1S/C36H68N2O70S16/c39-33(29(105-121(77,78)79)25(101-117(65,66)67)21(19(97-113(53,54)55)15-91-111(47,48)49)95-35-31(107-123(83,84)85)27(103-119(71,72)73)23(99-115(59,60)61)17(93-35)13-89-109(41,42)43)37-11-9-7-5-3-1-2-4-6-8-10-12-38-34(40)30(106-122(80,81)82)26(102-118(68,69)70)22(20(98-114(56,57)58)16-92-112(50,51)52)96-36-32(108-124(86,87)88)28(104-120(74,75)76)24(100-116(62,63)64)18(94-36)14-90-110(44,45)46/h17-32,35-36H,1-16H2,(H,37,39)(H,38,40)(H,41,42,43)(H,44,45,46)(H,47,48,49)(H,50,51,52)(H,53,54,55)(H,56,57,58)(H,59,60,61)(H,62,63,64)(H,65,66,67)(H,68,69,70)(H,71,72,73)(H,74,75,76)(H,77,78,79)(H,80,81,82)(H,83,84,85)(H,86,87,88)/t17-,18-,19-,20-,21-,22-,23+,24+,25+,26+,27+,28+,29-,30-,31-,32-,35+,36+/m1/s1. The molecule has 0 saturated carbocycles. The third kappa shape index (κ3) is 52.1. The first-order chi connectivity index (χ1) is 55.3. The molecule has 72 nitrogen and oxygen atoms in total. The number of hydrogen-bond acceptors (Lipinski definition) is 54. The first kappa shape index (κ1) is 117. The summed E-state index contributed by atoms with van der Waals surface area (Å²) in [5.74, 6) is -4.55. The van der Waals surface area contributed by atoms with Crippen LogP contribution in [0, 0.1) is 0 Å². The Morgan fingerprint density at radius 1 is 0.250 bits per heavy atom. The summed E-state index contributed by atoms with van der Waals surface area (Å²) in [6.07, 6.45) is -66.3. The molecule has 0 unspecified atom stereocenters. The Labute approximate surface area is 701 Å². The highest BCUT2D eigenvalue weighted by atomic mass is 32.3. The van der Waals surface area contributed by atoms with Crippen molar-refractivity contribution in [3.8, 4) is 0 Å². The Balaban J connectivity index is 2.63. The summed E-state index contributed by atoms with van der Waals surface area (Å²) in [6.45, 7) is -11.0. The smallest absolute Gasteiger partial charge is 0.354 e. The van der Waals surface area contributed by atoms with E-state index >= 15 is 0 Å². The van der Waals surface area contributed by atoms with Gasteiger partial charge < -0.3 is 29.6 Å². The lowest BCUT2D eigenvalue weighted by molar-refractivity contribution is -0.312. The molecule has 2 amide bonds. The molecule has 0 aromatic heterocycles. The van der Waals surface area contributed by atoms with Crippen molar-refractivity contribution in [2.24, 2.45) is 0 Å². The summed E-state index contributed by atoms with van der Waals surface area (Å²) < 4.78 is 628. The van der Waals surface area contributed by atoms with Crippen LogP contribution in [0.5, 0.6) is 0 Å². The van der Waals surface area contributed by atoms with E-state index in [0.29, 0.717) is 0 Å². The summed E-state index contributed by atoms with van der Waals surface area (Å²) in [5.41, 5.74) is 0. The van der Waals surface area contributed by atoms with Gasteiger partial charge in [0, 0.05) is 13.1 Å². The number of amides is 2. The van der Waals surface area contributed by atoms with Crippen molar-refractivity contribution in [2.45, 2.75) is 174 Å². The zero-order chi connectivity index (χ0) is 96.4. The van der Waals surface area contributed by atoms with Gasteiger partial charge in [-0.3, -0.25) is 82.4 Å². The van der Waals surface area contributed by atoms with Crippen molar-refractivity contribution >= 4 is 178 Å². The topological polar surface area (TPSA) is 1110 Å². The highest BCUT2D eigenvalue weighted by Gasteiger charge is 2.60. The molecule has 0 radical (unpaired) electrons. The highest BCUT2D eigenvalue weighted by molar-refractivity contribution is 7.84. The van der Waals surface area contributed by atoms with E-state index in [4.69, 9.17) is 18.9 Å². The number of rotatable bonds is 61. The lowest BCUT2D eigenvalue weighted by Crippen LogP contribution is -2.65. The molecule has 0 aromatic carbocycles. The molecule has 2 aliphatic heterocycles. The zero-order valence-electron chi connectivity index (χ0n) is 59.4. The molecule has 88 heteroatoms. The molecule has 2 heterocycles. The quantitative estimate of drug-likeness (QED) is 0.0199. The average molecular weight is 2160 g/mol. The van der Waals surface area contributed by atoms with Crippen molar-refractivity contribution in [1.82, 2.24) is 10.6 Å². The molecule has 0 bridgehead atoms. The van der Waals surface area contributed by atoms with Gasteiger partial charge in [-0.05, 0) is 12.8 Å². The first-order valence-corrected chi connectivity index (χ1v) is 52.6. The van der Waals surface area contributed by atoms with Crippen LogP contribution < -0.4 is 10.6 Å². The molecule has 2 saturated heterocycles. The fraction of sp³-hybridized carbons (Fsp3) is 0.944. The number of ether oxygens (including phenoxy) is 4. The minimum absolute atomic E-state index is 0.0777. The molecule has 2 rings (SSSR count). The van der Waals surface area contributed by atoms with Crippen molar-refractivity contribution < 1.29 is 303 Å². The monoisotopic (exact) mass is 2160 g/mol. The molecule has 0 aliphatic carbocycles. The van der Waals surface area contributed by atoms with Crippen LogP contribution >= 0.6 is 0 Å². The van der Waals surface area contributed by atoms with Gasteiger partial charge in [-0.1, -0.05) is 51.4 Å². The van der Waals surface area contributed by atoms with Crippen LogP contribution in [0.2, 0.25) is 0 Å². The second-order valence-electron chi connectivity index (χ2n) is 23.2. The van der Waals surface area contributed by atoms with Crippen LogP contribution in [-0.2, 0) is 262 Å². The maximum absolute atomic E-state index is 14.0. The summed E-state index contributed by atoms with van der Waals surface area (Å²) in [6, 6.07) is 0. The van der Waals surface area contributed by atoms with Crippen LogP contribution in [0.1, 0.15) is 64.2 Å². The van der Waals surface area contributed by atoms with Gasteiger partial charge in [-0.25, -0.2) is 66.9 Å². The van der Waals surface area contributed by atoms with Crippen molar-refractivity contribution in [3.05, 3.63) is 0 Å². The van der Waals surface area contributed by atoms with Gasteiger partial charge in [0.25, 0.3) is 11.8 Å². The predicted octanol–water partition coefficient (Wildman–Crippen LogP) is -11.1. The molecule has 738 valence electrons. The summed E-state index contributed by atoms with van der Waals surface area (Å²) >= 11 is 0. The van der Waals surface area contributed by atoms with Gasteiger partial charge >= 0.3 is 166 Å². The molecule has 2 aliphatic rings. The number of nitrogens with one attached hydrogen (secondary N) is 2. The largest absolute Gasteiger partial charge is 0.398 e. The minimum Gasteiger partial charge on any atom is -0.354 e. The number of carbonyl (C=O) groups excluding carboxylic acids is 2. The van der Waals surface area contributed by atoms with Crippen LogP contribution in [0.4, 0.5) is 0 Å². The average Bonchev–Trinajstić information content (AvgIpc) is 0.765. The van der Waals surface area contributed by atoms with Crippen LogP contribution in [0.15, 0.2) is 0 Å². The first-order valence-electron chi connectivity index (χ1n) is 30.8. The van der Waals surface area contributed by atoms with Crippen molar-refractivity contribution in [3.63, 3.8) is 0 Å². The molecule has 18 N–H and O–H groups in total. The van der Waals surface area contributed by atoms with Gasteiger partial charge in [0.05, 0.1) is 26.4 Å². The van der Waals surface area contributed by atoms with E-state index in [2.05, 4.69) is 66.9 Å². The van der Waals surface area contributed by atoms with Crippen molar-refractivity contribution in [1.29, 1.82) is 0 Å². The third-order valence-electron chi connectivity index (χ3n) is 13.8. The number of hydrogen-bond donors (Lipinski definition) is 18. The fourth-order valence-corrected chi connectivity index (χ4v) is 17.0. The van der Waals surface area contributed by atoms with Gasteiger partial charge in [0.15, 0.2) is 37.0 Å². The summed E-state index contributed by atoms with van der Waals surface area (Å²) in [5, 5.41) is 3.53. The Morgan fingerprint density at radius 3 is 0.685 bits per heavy atom. The van der Waals surface area contributed by atoms with E-state index in [1.807, 2.05) is 0 Å². The Kier molecular flexibility index (Phi) is 43.7. The molecular weight excluding hydrogens is 2090 g/mol.